The fourth-order valence-corrected chi connectivity index (χ4v) is 8.10. The van der Waals surface area contributed by atoms with Crippen molar-refractivity contribution < 1.29 is 91.9 Å². The lowest BCUT2D eigenvalue weighted by Crippen LogP contribution is -2.64. The predicted octanol–water partition coefficient (Wildman–Crippen LogP) is -5.31. The average Bonchev–Trinajstić information content (AvgIpc) is 3.79. The summed E-state index contributed by atoms with van der Waals surface area (Å²) in [6, 6.07) is -7.99. The molecular formula is C39H60N8O19S. The van der Waals surface area contributed by atoms with Crippen molar-refractivity contribution in [2.24, 2.45) is 11.7 Å². The number of aromatic hydroxyl groups is 1. The van der Waals surface area contributed by atoms with Crippen LogP contribution in [0.1, 0.15) is 38.7 Å². The Hall–Kier alpha value is -5.40. The molecule has 3 heterocycles. The van der Waals surface area contributed by atoms with Crippen LogP contribution in [0, 0.1) is 5.92 Å². The molecule has 376 valence electrons. The van der Waals surface area contributed by atoms with Crippen molar-refractivity contribution in [1.29, 1.82) is 0 Å². The highest BCUT2D eigenvalue weighted by Gasteiger charge is 2.49. The number of fused-ring (bicyclic) bond motifs is 2. The number of amides is 7. The molecule has 13 atom stereocenters. The SMILES string of the molecule is C=CCOC(=O)NCC[C@@H](O)[C@@H]1NC(=O)[C@H]([C@H](O)Cc2ccc(O)c(OS(O)(O)O)c2)NC(=O)[C@@H]2C[C@@H](O)CN2C(=O)[C@H]([C@@H](C)O)NC(=O)[C@@H](N)C[C@@H](O)CNC(=O)[C@@H]2[C@@H](O)[C@@H](C)CN2C1=O. The zero-order chi connectivity index (χ0) is 50.1. The summed E-state index contributed by atoms with van der Waals surface area (Å²) >= 11 is -4.70. The maximum atomic E-state index is 14.6. The van der Waals surface area contributed by atoms with E-state index in [4.69, 9.17) is 10.5 Å². The number of β-amino-alcohol motifs (C(OH)–C–C–N with tert-alkyl or cyclic N) is 1. The molecule has 0 spiro atoms. The van der Waals surface area contributed by atoms with Gasteiger partial charge in [0.1, 0.15) is 36.8 Å². The van der Waals surface area contributed by atoms with Gasteiger partial charge in [0.15, 0.2) is 11.5 Å². The molecular weight excluding hydrogens is 917 g/mol. The van der Waals surface area contributed by atoms with E-state index < -0.39 is 182 Å². The highest BCUT2D eigenvalue weighted by atomic mass is 32.3. The number of benzene rings is 1. The molecule has 3 saturated heterocycles. The maximum Gasteiger partial charge on any atom is 0.407 e. The summed E-state index contributed by atoms with van der Waals surface area (Å²) in [5.41, 5.74) is 5.98. The maximum absolute atomic E-state index is 14.6. The molecule has 0 bridgehead atoms. The fourth-order valence-electron chi connectivity index (χ4n) is 7.73. The second-order valence-corrected chi connectivity index (χ2v) is 17.6. The molecule has 1 aromatic carbocycles. The predicted molar refractivity (Wildman–Crippen MR) is 230 cm³/mol. The van der Waals surface area contributed by atoms with Crippen molar-refractivity contribution in [3.8, 4) is 11.5 Å². The summed E-state index contributed by atoms with van der Waals surface area (Å²) in [5.74, 6) is -9.22. The number of rotatable bonds is 12. The molecule has 1 aromatic rings. The molecule has 3 aliphatic rings. The van der Waals surface area contributed by atoms with E-state index in [0.29, 0.717) is 0 Å². The highest BCUT2D eigenvalue weighted by Crippen LogP contribution is 2.40. The number of phenols is 1. The zero-order valence-corrected chi connectivity index (χ0v) is 37.2. The van der Waals surface area contributed by atoms with Crippen LogP contribution in [-0.2, 0) is 39.9 Å². The average molecular weight is 977 g/mol. The molecule has 0 radical (unpaired) electrons. The molecule has 7 amide bonds. The van der Waals surface area contributed by atoms with Crippen molar-refractivity contribution in [3.05, 3.63) is 36.4 Å². The number of nitrogens with one attached hydrogen (secondary N) is 5. The van der Waals surface area contributed by atoms with Crippen LogP contribution in [0.2, 0.25) is 0 Å². The third-order valence-electron chi connectivity index (χ3n) is 11.2. The Labute approximate surface area is 385 Å². The van der Waals surface area contributed by atoms with Gasteiger partial charge in [-0.25, -0.2) is 4.79 Å². The Morgan fingerprint density at radius 2 is 1.54 bits per heavy atom. The smallest absolute Gasteiger partial charge is 0.407 e. The lowest BCUT2D eigenvalue weighted by molar-refractivity contribution is -0.147. The van der Waals surface area contributed by atoms with E-state index in [1.807, 2.05) is 0 Å². The van der Waals surface area contributed by atoms with E-state index in [-0.39, 0.29) is 25.3 Å². The van der Waals surface area contributed by atoms with Crippen LogP contribution < -0.4 is 36.5 Å². The topological polar surface area (TPSA) is 433 Å². The summed E-state index contributed by atoms with van der Waals surface area (Å²) in [4.78, 5) is 97.9. The van der Waals surface area contributed by atoms with Crippen molar-refractivity contribution >= 4 is 52.7 Å². The lowest BCUT2D eigenvalue weighted by Gasteiger charge is -2.34. The lowest BCUT2D eigenvalue weighted by atomic mass is 9.98. The number of nitrogens with zero attached hydrogens (tertiary/aromatic N) is 2. The number of hydrogen-bond donors (Lipinski definition) is 16. The number of nitrogens with two attached hydrogens (primary N) is 1. The van der Waals surface area contributed by atoms with Gasteiger partial charge in [-0.2, -0.15) is 0 Å². The highest BCUT2D eigenvalue weighted by molar-refractivity contribution is 8.15. The van der Waals surface area contributed by atoms with E-state index in [9.17, 15) is 83.0 Å². The van der Waals surface area contributed by atoms with E-state index in [2.05, 4.69) is 37.3 Å². The molecule has 17 N–H and O–H groups in total. The first kappa shape index (κ1) is 54.2. The summed E-state index contributed by atoms with van der Waals surface area (Å²) < 4.78 is 37.7. The Morgan fingerprint density at radius 3 is 2.18 bits per heavy atom. The second-order valence-electron chi connectivity index (χ2n) is 16.5. The van der Waals surface area contributed by atoms with Gasteiger partial charge in [-0.1, -0.05) is 25.6 Å². The van der Waals surface area contributed by atoms with Gasteiger partial charge >= 0.3 is 6.09 Å². The third-order valence-corrected chi connectivity index (χ3v) is 11.6. The Balaban J connectivity index is 1.82. The third kappa shape index (κ3) is 14.5. The monoisotopic (exact) mass is 976 g/mol. The van der Waals surface area contributed by atoms with Crippen LogP contribution in [0.15, 0.2) is 30.9 Å². The number of carbonyl (C=O) groups is 7. The Morgan fingerprint density at radius 1 is 0.896 bits per heavy atom. The van der Waals surface area contributed by atoms with Gasteiger partial charge in [0.25, 0.3) is 11.2 Å². The molecule has 0 saturated carbocycles. The van der Waals surface area contributed by atoms with Crippen LogP contribution in [0.5, 0.6) is 11.5 Å². The normalized spacial score (nSPS) is 30.0. The van der Waals surface area contributed by atoms with Gasteiger partial charge in [-0.3, -0.25) is 42.4 Å². The van der Waals surface area contributed by atoms with Crippen LogP contribution in [0.3, 0.4) is 0 Å². The Kier molecular flexibility index (Phi) is 19.1. The number of ether oxygens (including phenoxy) is 1. The molecule has 0 unspecified atom stereocenters. The minimum atomic E-state index is -4.70. The van der Waals surface area contributed by atoms with Gasteiger partial charge in [-0.15, -0.1) is 0 Å². The van der Waals surface area contributed by atoms with E-state index in [1.165, 1.54) is 19.1 Å². The molecule has 27 nitrogen and oxygen atoms in total. The number of carbonyl (C=O) groups excluding carboxylic acids is 7. The van der Waals surface area contributed by atoms with Crippen molar-refractivity contribution in [2.45, 2.75) is 112 Å². The van der Waals surface area contributed by atoms with Gasteiger partial charge < -0.3 is 86.8 Å². The first-order valence-electron chi connectivity index (χ1n) is 21.0. The number of alkyl carbamates (subject to hydrolysis) is 1. The van der Waals surface area contributed by atoms with Crippen molar-refractivity contribution in [1.82, 2.24) is 36.4 Å². The van der Waals surface area contributed by atoms with Crippen LogP contribution >= 0.6 is 11.2 Å². The summed E-state index contributed by atoms with van der Waals surface area (Å²) in [7, 11) is 0. The molecule has 28 heteroatoms. The second kappa shape index (κ2) is 23.6. The molecule has 67 heavy (non-hydrogen) atoms. The van der Waals surface area contributed by atoms with Crippen molar-refractivity contribution in [3.63, 3.8) is 0 Å². The van der Waals surface area contributed by atoms with Crippen LogP contribution in [0.25, 0.3) is 0 Å². The number of aliphatic hydroxyl groups is 6. The Bertz CT molecular complexity index is 1980. The van der Waals surface area contributed by atoms with E-state index >= 15 is 0 Å². The zero-order valence-electron chi connectivity index (χ0n) is 36.4. The first-order valence-corrected chi connectivity index (χ1v) is 22.4. The molecule has 0 aromatic heterocycles. The number of phenolic OH excluding ortho intramolecular Hbond substituents is 1. The summed E-state index contributed by atoms with van der Waals surface area (Å²) in [6.45, 7) is 3.98. The van der Waals surface area contributed by atoms with E-state index in [1.54, 1.807) is 0 Å². The van der Waals surface area contributed by atoms with Gasteiger partial charge in [-0.05, 0) is 37.5 Å². The first-order chi connectivity index (χ1) is 31.3. The summed E-state index contributed by atoms with van der Waals surface area (Å²) in [6.07, 6.45) is -12.0. The minimum Gasteiger partial charge on any atom is -0.504 e. The standard InChI is InChI=1S/C39H60N8O19S/c1-4-9-65-39(61)41-8-7-25(52)30-38(60)47-15-17(2)32(54)31(47)36(58)42-14-20(49)12-22(40)33(55)43-28(18(3)48)37(59)46-16-21(50)13-23(46)34(56)44-29(35(57)45-30)26(53)10-19-5-6-24(51)27(11-19)66-67(62,63)64/h4-6,11,17-18,20-23,25-26,28-32,48-54,62-64H,1,7-10,12-16,40H2,2-3H3,(H,41,61)(H,42,58)(H,43,55)(H,44,56)(H,45,57)/t17-,18+,20+,21+,22-,23-,25+,26+,28-,29-,30-,31-,32-/m0/s1. The summed E-state index contributed by atoms with van der Waals surface area (Å²) in [5, 5.41) is 88.2. The number of aliphatic hydroxyl groups excluding tert-OH is 6. The number of hydrogen-bond acceptors (Lipinski definition) is 20. The van der Waals surface area contributed by atoms with Gasteiger partial charge in [0.2, 0.25) is 35.4 Å². The molecule has 3 aliphatic heterocycles. The van der Waals surface area contributed by atoms with Crippen LogP contribution in [0.4, 0.5) is 4.79 Å². The van der Waals surface area contributed by atoms with Crippen molar-refractivity contribution in [2.75, 3.05) is 32.8 Å². The fraction of sp³-hybridized carbons (Fsp3) is 0.615. The van der Waals surface area contributed by atoms with E-state index in [0.717, 1.165) is 28.9 Å². The van der Waals surface area contributed by atoms with Gasteiger partial charge in [0, 0.05) is 44.9 Å². The molecule has 3 fully saturated rings. The van der Waals surface area contributed by atoms with Crippen LogP contribution in [-0.4, -0.2) is 206 Å². The largest absolute Gasteiger partial charge is 0.504 e. The minimum absolute atomic E-state index is 0.0451. The molecule has 4 rings (SSSR count). The quantitative estimate of drug-likeness (QED) is 0.0870. The molecule has 0 aliphatic carbocycles. The van der Waals surface area contributed by atoms with Gasteiger partial charge in [0.05, 0.1) is 42.7 Å².